The molecule has 0 saturated heterocycles. The van der Waals surface area contributed by atoms with Crippen LogP contribution in [0.3, 0.4) is 0 Å². The zero-order chi connectivity index (χ0) is 12.7. The van der Waals surface area contributed by atoms with Gasteiger partial charge < -0.3 is 0 Å². The number of hydrogen-bond donors (Lipinski definition) is 0. The Morgan fingerprint density at radius 2 is 2.06 bits per heavy atom. The monoisotopic (exact) mass is 232 g/mol. The van der Waals surface area contributed by atoms with Crippen molar-refractivity contribution in [2.75, 3.05) is 0 Å². The van der Waals surface area contributed by atoms with Crippen LogP contribution in [-0.2, 0) is 4.79 Å². The first-order valence-corrected chi connectivity index (χ1v) is 6.82. The molecule has 0 aliphatic heterocycles. The van der Waals surface area contributed by atoms with Crippen molar-refractivity contribution >= 4 is 5.94 Å². The van der Waals surface area contributed by atoms with Gasteiger partial charge in [0, 0.05) is 11.5 Å². The lowest BCUT2D eigenvalue weighted by Crippen LogP contribution is -2.35. The quantitative estimate of drug-likeness (QED) is 0.486. The molecule has 1 nitrogen and oxygen atoms in total. The van der Waals surface area contributed by atoms with Crippen LogP contribution < -0.4 is 0 Å². The zero-order valence-corrected chi connectivity index (χ0v) is 11.6. The Kier molecular flexibility index (Phi) is 3.08. The molecule has 0 radical (unpaired) electrons. The summed E-state index contributed by atoms with van der Waals surface area (Å²) in [6, 6.07) is 0. The van der Waals surface area contributed by atoms with Crippen LogP contribution in [0.4, 0.5) is 0 Å². The van der Waals surface area contributed by atoms with E-state index < -0.39 is 0 Å². The summed E-state index contributed by atoms with van der Waals surface area (Å²) in [6.07, 6.45) is 7.91. The summed E-state index contributed by atoms with van der Waals surface area (Å²) < 4.78 is 0. The third kappa shape index (κ3) is 2.13. The summed E-state index contributed by atoms with van der Waals surface area (Å²) in [7, 11) is 0. The van der Waals surface area contributed by atoms with Crippen molar-refractivity contribution in [3.8, 4) is 0 Å². The van der Waals surface area contributed by atoms with Crippen LogP contribution in [-0.4, -0.2) is 5.94 Å². The fraction of sp³-hybridized carbons (Fsp3) is 0.750. The Hall–Kier alpha value is -0.810. The zero-order valence-electron chi connectivity index (χ0n) is 11.6. The molecule has 0 saturated carbocycles. The minimum Gasteiger partial charge on any atom is -0.234 e. The van der Waals surface area contributed by atoms with Gasteiger partial charge in [0.25, 0.3) is 0 Å². The van der Waals surface area contributed by atoms with Gasteiger partial charge in [-0.1, -0.05) is 38.8 Å². The molecule has 0 N–H and O–H groups in total. The molecule has 2 aliphatic carbocycles. The molecule has 2 aliphatic rings. The predicted octanol–water partition coefficient (Wildman–Crippen LogP) is 4.32. The van der Waals surface area contributed by atoms with Crippen LogP contribution in [0.15, 0.2) is 17.2 Å². The molecule has 0 aromatic rings. The molecule has 2 atom stereocenters. The van der Waals surface area contributed by atoms with Gasteiger partial charge in [-0.15, -0.1) is 0 Å². The van der Waals surface area contributed by atoms with Crippen molar-refractivity contribution in [2.24, 2.45) is 16.7 Å². The first-order valence-electron chi connectivity index (χ1n) is 6.82. The molecule has 0 bridgehead atoms. The lowest BCUT2D eigenvalue weighted by atomic mass is 9.58. The smallest absolute Gasteiger partial charge is 0.120 e. The van der Waals surface area contributed by atoms with Crippen molar-refractivity contribution in [3.05, 3.63) is 17.2 Å². The van der Waals surface area contributed by atoms with E-state index in [1.54, 1.807) is 17.2 Å². The highest BCUT2D eigenvalue weighted by Crippen LogP contribution is 2.53. The van der Waals surface area contributed by atoms with Gasteiger partial charge in [0.1, 0.15) is 5.94 Å². The van der Waals surface area contributed by atoms with Gasteiger partial charge in [0.05, 0.1) is 0 Å². The van der Waals surface area contributed by atoms with Crippen molar-refractivity contribution < 1.29 is 4.79 Å². The maximum atomic E-state index is 10.7. The molecule has 0 aromatic heterocycles. The van der Waals surface area contributed by atoms with Gasteiger partial charge in [0.2, 0.25) is 0 Å². The summed E-state index contributed by atoms with van der Waals surface area (Å²) in [4.78, 5) is 10.7. The van der Waals surface area contributed by atoms with Gasteiger partial charge in [-0.05, 0) is 43.4 Å². The third-order valence-electron chi connectivity index (χ3n) is 5.15. The molecule has 2 rings (SSSR count). The average Bonchev–Trinajstić information content (AvgIpc) is 2.22. The normalized spacial score (nSPS) is 36.1. The van der Waals surface area contributed by atoms with Crippen molar-refractivity contribution in [1.29, 1.82) is 0 Å². The van der Waals surface area contributed by atoms with E-state index in [2.05, 4.69) is 27.7 Å². The van der Waals surface area contributed by atoms with Crippen LogP contribution >= 0.6 is 0 Å². The largest absolute Gasteiger partial charge is 0.234 e. The van der Waals surface area contributed by atoms with Crippen LogP contribution in [0, 0.1) is 16.7 Å². The van der Waals surface area contributed by atoms with Gasteiger partial charge in [-0.2, -0.15) is 0 Å². The highest BCUT2D eigenvalue weighted by molar-refractivity contribution is 5.48. The maximum Gasteiger partial charge on any atom is 0.120 e. The second-order valence-electron chi connectivity index (χ2n) is 6.87. The molecule has 0 amide bonds. The highest BCUT2D eigenvalue weighted by Gasteiger charge is 2.41. The lowest BCUT2D eigenvalue weighted by molar-refractivity contribution is 0.207. The first-order chi connectivity index (χ1) is 7.89. The van der Waals surface area contributed by atoms with E-state index in [-0.39, 0.29) is 5.41 Å². The standard InChI is InChI=1S/C16H24O/c1-12-10-13-6-5-7-15(2,3)14(13)11-16(12,4)8-9-17/h8,12H,5-7,10-11H2,1-4H3. The van der Waals surface area contributed by atoms with E-state index in [1.807, 2.05) is 5.94 Å². The summed E-state index contributed by atoms with van der Waals surface area (Å²) in [5.41, 5.74) is 3.68. The molecule has 17 heavy (non-hydrogen) atoms. The van der Waals surface area contributed by atoms with Gasteiger partial charge >= 0.3 is 0 Å². The van der Waals surface area contributed by atoms with Crippen LogP contribution in [0.5, 0.6) is 0 Å². The second kappa shape index (κ2) is 4.14. The van der Waals surface area contributed by atoms with Gasteiger partial charge in [0.15, 0.2) is 0 Å². The van der Waals surface area contributed by atoms with Crippen molar-refractivity contribution in [2.45, 2.75) is 59.8 Å². The molecular weight excluding hydrogens is 208 g/mol. The molecule has 94 valence electrons. The summed E-state index contributed by atoms with van der Waals surface area (Å²) in [5, 5.41) is 0. The van der Waals surface area contributed by atoms with E-state index >= 15 is 0 Å². The summed E-state index contributed by atoms with van der Waals surface area (Å²) >= 11 is 0. The van der Waals surface area contributed by atoms with E-state index in [0.29, 0.717) is 11.3 Å². The van der Waals surface area contributed by atoms with Crippen LogP contribution in [0.1, 0.15) is 59.8 Å². The Bertz CT molecular complexity index is 396. The summed E-state index contributed by atoms with van der Waals surface area (Å²) in [6.45, 7) is 9.22. The van der Waals surface area contributed by atoms with Gasteiger partial charge in [-0.25, -0.2) is 4.79 Å². The SMILES string of the molecule is CC1CC2=C(CC1(C)C=C=O)C(C)(C)CCC2. The third-order valence-corrected chi connectivity index (χ3v) is 5.15. The lowest BCUT2D eigenvalue weighted by Gasteiger charge is -2.46. The first kappa shape index (κ1) is 12.6. The van der Waals surface area contributed by atoms with E-state index in [1.165, 1.54) is 25.7 Å². The Morgan fingerprint density at radius 1 is 1.35 bits per heavy atom. The topological polar surface area (TPSA) is 17.1 Å². The summed E-state index contributed by atoms with van der Waals surface area (Å²) in [5.74, 6) is 2.60. The van der Waals surface area contributed by atoms with Crippen LogP contribution in [0.2, 0.25) is 0 Å². The molecule has 0 spiro atoms. The molecule has 0 aromatic carbocycles. The minimum atomic E-state index is 0.0230. The second-order valence-corrected chi connectivity index (χ2v) is 6.87. The molecular formula is C16H24O. The Morgan fingerprint density at radius 3 is 2.71 bits per heavy atom. The Labute approximate surface area is 105 Å². The van der Waals surface area contributed by atoms with Gasteiger partial charge in [-0.3, -0.25) is 0 Å². The molecule has 0 heterocycles. The fourth-order valence-corrected chi connectivity index (χ4v) is 3.60. The maximum absolute atomic E-state index is 10.7. The molecule has 2 unspecified atom stereocenters. The van der Waals surface area contributed by atoms with E-state index in [4.69, 9.17) is 0 Å². The predicted molar refractivity (Wildman–Crippen MR) is 71.4 cm³/mol. The van der Waals surface area contributed by atoms with Crippen molar-refractivity contribution in [3.63, 3.8) is 0 Å². The number of allylic oxidation sites excluding steroid dienone is 3. The number of rotatable bonds is 1. The number of hydrogen-bond acceptors (Lipinski definition) is 1. The van der Waals surface area contributed by atoms with Crippen molar-refractivity contribution in [1.82, 2.24) is 0 Å². The molecule has 1 heteroatoms. The van der Waals surface area contributed by atoms with E-state index in [9.17, 15) is 4.79 Å². The Balaban J connectivity index is 2.40. The number of carbonyl (C=O) groups excluding carboxylic acids is 1. The average molecular weight is 232 g/mol. The van der Waals surface area contributed by atoms with Crippen LogP contribution in [0.25, 0.3) is 0 Å². The fourth-order valence-electron chi connectivity index (χ4n) is 3.60. The molecule has 0 fully saturated rings. The highest BCUT2D eigenvalue weighted by atomic mass is 16.1. The minimum absolute atomic E-state index is 0.0230. The van der Waals surface area contributed by atoms with E-state index in [0.717, 1.165) is 6.42 Å².